The molecule has 0 aliphatic carbocycles. The maximum absolute atomic E-state index is 14.0. The van der Waals surface area contributed by atoms with E-state index in [4.69, 9.17) is 23.7 Å². The predicted octanol–water partition coefficient (Wildman–Crippen LogP) is -0.667. The molecule has 8 amide bonds. The van der Waals surface area contributed by atoms with Gasteiger partial charge in [0.15, 0.2) is 0 Å². The molecule has 21 nitrogen and oxygen atoms in total. The lowest BCUT2D eigenvalue weighted by Gasteiger charge is -2.25. The van der Waals surface area contributed by atoms with Gasteiger partial charge in [0, 0.05) is 47.5 Å². The van der Waals surface area contributed by atoms with Gasteiger partial charge in [-0.2, -0.15) is 12.6 Å². The van der Waals surface area contributed by atoms with Gasteiger partial charge < -0.3 is 63.9 Å². The predicted molar refractivity (Wildman–Crippen MR) is 265 cm³/mol. The highest BCUT2D eigenvalue weighted by molar-refractivity contribution is 7.80. The molecule has 0 saturated carbocycles. The van der Waals surface area contributed by atoms with Gasteiger partial charge in [-0.3, -0.25) is 43.2 Å². The number of carboxylic acids is 1. The second-order valence-corrected chi connectivity index (χ2v) is 16.9. The second-order valence-electron chi connectivity index (χ2n) is 16.3. The first-order chi connectivity index (χ1) is 33.4. The average molecular weight is 1000 g/mol. The molecule has 0 radical (unpaired) electrons. The molecule has 0 bridgehead atoms. The number of aliphatic carboxylic acids is 1. The van der Waals surface area contributed by atoms with Gasteiger partial charge in [0.25, 0.3) is 0 Å². The third kappa shape index (κ3) is 17.3. The van der Waals surface area contributed by atoms with E-state index in [2.05, 4.69) is 54.8 Å². The number of unbranched alkanes of at least 4 members (excludes halogenated alkanes) is 1. The van der Waals surface area contributed by atoms with E-state index in [1.807, 2.05) is 6.92 Å². The van der Waals surface area contributed by atoms with E-state index in [0.717, 1.165) is 5.37 Å². The number of phenolic OH excluding ortho intramolecular Hbond substituents is 1. The number of fused-ring (bicyclic) bond motifs is 1. The largest absolute Gasteiger partial charge is 0.508 e. The first-order valence-corrected chi connectivity index (χ1v) is 23.3. The molecule has 0 aliphatic heterocycles. The zero-order chi connectivity index (χ0) is 51.3. The van der Waals surface area contributed by atoms with Crippen molar-refractivity contribution in [1.29, 1.82) is 0 Å². The van der Waals surface area contributed by atoms with Crippen molar-refractivity contribution in [2.24, 2.45) is 11.5 Å². The van der Waals surface area contributed by atoms with Crippen molar-refractivity contribution in [2.75, 3.05) is 12.3 Å². The summed E-state index contributed by atoms with van der Waals surface area (Å²) < 4.78 is 0. The number of aromatic amines is 1. The number of hydrogen-bond acceptors (Lipinski definition) is 13. The van der Waals surface area contributed by atoms with Gasteiger partial charge in [-0.1, -0.05) is 92.6 Å². The van der Waals surface area contributed by atoms with Crippen LogP contribution in [0.25, 0.3) is 10.9 Å². The fraction of sp³-hybridized carbons (Fsp3) is 0.362. The van der Waals surface area contributed by atoms with E-state index >= 15 is 0 Å². The van der Waals surface area contributed by atoms with Crippen molar-refractivity contribution in [3.05, 3.63) is 102 Å². The zero-order valence-corrected chi connectivity index (χ0v) is 39.9. The standard InChI is InChI=1S/C47H58N10O11S2/c1-2-3-12-33(53-44(65)35(55-42(63)31(48)24-69)19-27-14-16-29(58)17-15-27)43(64)51-23-39(59)52-36(20-28-22-50-32-13-8-7-11-30(28)32)45(66)57-38(25-70)47(68)56-37(21-40(60)61)46(67)54-34(41(49)62)18-26-9-5-4-6-10-26/h4-11,13-17,22,25,31,33-38,50,58,69H,2-3,12,18-21,23-24,48H2,1H3,(H2,49,62)(H,51,64)(H,52,59)(H,53,65)(H,54,67)(H,55,63)(H,56,68)(H,57,66)(H,60,61)/t31-,33-,34-,35-,36-,37-,38-/m0/s1. The summed E-state index contributed by atoms with van der Waals surface area (Å²) in [5.74, 6) is -8.51. The molecule has 4 aromatic rings. The monoisotopic (exact) mass is 1000 g/mol. The molecule has 70 heavy (non-hydrogen) atoms. The molecular formula is C47H58N10O11S2. The number of hydrogen-bond donors (Lipinski definition) is 13. The molecule has 1 heterocycles. The Morgan fingerprint density at radius 2 is 1.26 bits per heavy atom. The van der Waals surface area contributed by atoms with Crippen molar-refractivity contribution in [2.45, 2.75) is 94.2 Å². The number of rotatable bonds is 28. The number of thiol groups is 1. The summed E-state index contributed by atoms with van der Waals surface area (Å²) in [4.78, 5) is 122. The highest BCUT2D eigenvalue weighted by Crippen LogP contribution is 2.19. The SMILES string of the molecule is CCCC[C@H](NC(=O)[C@H](Cc1ccc(O)cc1)NC(=O)[C@@H](N)CS)C(=O)NCC(=O)N[C@@H](Cc1c[nH]c2ccccc12)C(=O)N[C@@H](C=S)C(=O)N[C@@H](CC(=O)O)C(=O)N[C@@H](Cc1ccccc1)C(N)=O. The number of carbonyl (C=O) groups is 9. The lowest BCUT2D eigenvalue weighted by molar-refractivity contribution is -0.141. The molecule has 374 valence electrons. The van der Waals surface area contributed by atoms with Crippen LogP contribution in [-0.4, -0.2) is 128 Å². The summed E-state index contributed by atoms with van der Waals surface area (Å²) in [7, 11) is 0. The quantitative estimate of drug-likeness (QED) is 0.0249. The molecule has 0 unspecified atom stereocenters. The minimum absolute atomic E-state index is 0.0119. The molecule has 0 aliphatic rings. The number of primary amides is 1. The van der Waals surface area contributed by atoms with E-state index in [9.17, 15) is 53.4 Å². The van der Waals surface area contributed by atoms with Gasteiger partial charge in [0.05, 0.1) is 19.0 Å². The van der Waals surface area contributed by atoms with Crippen molar-refractivity contribution < 1.29 is 53.4 Å². The summed E-state index contributed by atoms with van der Waals surface area (Å²) in [6.45, 7) is 1.19. The van der Waals surface area contributed by atoms with Crippen molar-refractivity contribution >= 4 is 94.3 Å². The lowest BCUT2D eigenvalue weighted by Crippen LogP contribution is -2.59. The van der Waals surface area contributed by atoms with Gasteiger partial charge in [-0.05, 0) is 41.3 Å². The zero-order valence-electron chi connectivity index (χ0n) is 38.1. The van der Waals surface area contributed by atoms with Gasteiger partial charge in [-0.25, -0.2) is 0 Å². The van der Waals surface area contributed by atoms with E-state index in [-0.39, 0.29) is 37.2 Å². The molecule has 0 saturated heterocycles. The van der Waals surface area contributed by atoms with E-state index in [0.29, 0.717) is 40.4 Å². The smallest absolute Gasteiger partial charge is 0.305 e. The molecule has 14 N–H and O–H groups in total. The second kappa shape index (κ2) is 27.6. The van der Waals surface area contributed by atoms with Crippen LogP contribution in [0.2, 0.25) is 0 Å². The number of aromatic nitrogens is 1. The van der Waals surface area contributed by atoms with Crippen LogP contribution >= 0.6 is 24.8 Å². The fourth-order valence-corrected chi connectivity index (χ4v) is 7.42. The number of para-hydroxylation sites is 1. The Hall–Kier alpha value is -7.37. The van der Waals surface area contributed by atoms with Crippen LogP contribution < -0.4 is 48.7 Å². The Kier molecular flexibility index (Phi) is 21.8. The number of amides is 8. The van der Waals surface area contributed by atoms with Gasteiger partial charge in [-0.15, -0.1) is 0 Å². The molecule has 0 spiro atoms. The number of carbonyl (C=O) groups excluding carboxylic acids is 8. The fourth-order valence-electron chi connectivity index (χ4n) is 7.06. The highest BCUT2D eigenvalue weighted by Gasteiger charge is 2.33. The normalized spacial score (nSPS) is 13.9. The molecule has 0 fully saturated rings. The number of thiocarbonyl (C=S) groups is 1. The van der Waals surface area contributed by atoms with Crippen LogP contribution in [0.1, 0.15) is 49.3 Å². The Morgan fingerprint density at radius 3 is 1.90 bits per heavy atom. The molecule has 23 heteroatoms. The molecular weight excluding hydrogens is 945 g/mol. The first kappa shape index (κ1) is 55.2. The number of H-pyrrole nitrogens is 1. The maximum atomic E-state index is 14.0. The number of aromatic hydroxyl groups is 1. The van der Waals surface area contributed by atoms with Gasteiger partial charge in [0.1, 0.15) is 42.0 Å². The number of benzene rings is 3. The van der Waals surface area contributed by atoms with Crippen LogP contribution in [0.4, 0.5) is 0 Å². The van der Waals surface area contributed by atoms with E-state index < -0.39 is 108 Å². The summed E-state index contributed by atoms with van der Waals surface area (Å²) >= 11 is 9.12. The number of phenols is 1. The van der Waals surface area contributed by atoms with E-state index in [1.165, 1.54) is 12.1 Å². The number of carboxylic acid groups (broad SMARTS) is 1. The summed E-state index contributed by atoms with van der Waals surface area (Å²) in [6, 6.07) is 12.1. The highest BCUT2D eigenvalue weighted by atomic mass is 32.1. The minimum atomic E-state index is -1.76. The Morgan fingerprint density at radius 1 is 0.686 bits per heavy atom. The Labute approximate surface area is 413 Å². The van der Waals surface area contributed by atoms with Gasteiger partial charge >= 0.3 is 5.97 Å². The number of nitrogens with two attached hydrogens (primary N) is 2. The van der Waals surface area contributed by atoms with Crippen LogP contribution in [0.15, 0.2) is 85.1 Å². The molecule has 7 atom stereocenters. The average Bonchev–Trinajstić information content (AvgIpc) is 3.75. The third-order valence-electron chi connectivity index (χ3n) is 10.9. The summed E-state index contributed by atoms with van der Waals surface area (Å²) in [5.41, 5.74) is 13.9. The summed E-state index contributed by atoms with van der Waals surface area (Å²) in [5, 5.41) is 38.3. The van der Waals surface area contributed by atoms with Crippen molar-refractivity contribution in [1.82, 2.24) is 42.2 Å². The third-order valence-corrected chi connectivity index (χ3v) is 11.5. The maximum Gasteiger partial charge on any atom is 0.305 e. The van der Waals surface area contributed by atoms with Crippen molar-refractivity contribution in [3.8, 4) is 5.75 Å². The molecule has 1 aromatic heterocycles. The van der Waals surface area contributed by atoms with Gasteiger partial charge in [0.2, 0.25) is 47.3 Å². The summed E-state index contributed by atoms with van der Waals surface area (Å²) in [6.07, 6.45) is 1.74. The minimum Gasteiger partial charge on any atom is -0.508 e. The lowest BCUT2D eigenvalue weighted by atomic mass is 10.0. The Balaban J connectivity index is 1.49. The van der Waals surface area contributed by atoms with Crippen LogP contribution in [0.3, 0.4) is 0 Å². The van der Waals surface area contributed by atoms with Crippen LogP contribution in [0, 0.1) is 0 Å². The molecule has 4 rings (SSSR count). The molecule has 3 aromatic carbocycles. The number of nitrogens with one attached hydrogen (secondary N) is 8. The van der Waals surface area contributed by atoms with Crippen LogP contribution in [0.5, 0.6) is 5.75 Å². The topological polar surface area (TPSA) is 346 Å². The first-order valence-electron chi connectivity index (χ1n) is 22.2. The Bertz CT molecular complexity index is 2490. The van der Waals surface area contributed by atoms with E-state index in [1.54, 1.807) is 72.9 Å². The van der Waals surface area contributed by atoms with Crippen LogP contribution in [-0.2, 0) is 62.4 Å². The van der Waals surface area contributed by atoms with Crippen molar-refractivity contribution in [3.63, 3.8) is 0 Å².